The van der Waals surface area contributed by atoms with Crippen molar-refractivity contribution >= 4 is 22.8 Å². The lowest BCUT2D eigenvalue weighted by Crippen LogP contribution is -2.14. The number of fused-ring (bicyclic) bond motifs is 1. The van der Waals surface area contributed by atoms with Crippen molar-refractivity contribution in [1.29, 1.82) is 0 Å². The molecule has 0 aliphatic rings. The van der Waals surface area contributed by atoms with Crippen LogP contribution in [-0.4, -0.2) is 21.6 Å². The van der Waals surface area contributed by atoms with Crippen LogP contribution in [0.3, 0.4) is 0 Å². The maximum atomic E-state index is 4.64. The number of hydrogen-bond acceptors (Lipinski definition) is 2. The highest BCUT2D eigenvalue weighted by Crippen LogP contribution is 2.24. The molecular formula is C13H14N4. The number of hydrogen-bond donors (Lipinski definition) is 1. The molecule has 3 rings (SSSR count). The fraction of sp³-hybridized carbons (Fsp3) is 0.154. The fourth-order valence-electron chi connectivity index (χ4n) is 2.07. The van der Waals surface area contributed by atoms with E-state index in [1.165, 1.54) is 0 Å². The highest BCUT2D eigenvalue weighted by molar-refractivity contribution is 5.79. The Kier molecular flexibility index (Phi) is 2.14. The van der Waals surface area contributed by atoms with Gasteiger partial charge in [-0.05, 0) is 24.3 Å². The Balaban J connectivity index is 2.15. The van der Waals surface area contributed by atoms with Gasteiger partial charge < -0.3 is 14.5 Å². The van der Waals surface area contributed by atoms with E-state index >= 15 is 0 Å². The molecule has 4 heteroatoms. The number of aryl methyl sites for hydroxylation is 1. The van der Waals surface area contributed by atoms with Crippen LogP contribution in [0.5, 0.6) is 0 Å². The lowest BCUT2D eigenvalue weighted by atomic mass is 10.3. The van der Waals surface area contributed by atoms with Gasteiger partial charge in [-0.1, -0.05) is 12.1 Å². The summed E-state index contributed by atoms with van der Waals surface area (Å²) < 4.78 is 2.09. The molecule has 0 fully saturated rings. The molecule has 2 aromatic heterocycles. The second kappa shape index (κ2) is 3.66. The highest BCUT2D eigenvalue weighted by Gasteiger charge is 2.12. The number of rotatable bonds is 2. The number of aromatic nitrogens is 3. The molecule has 0 amide bonds. The molecule has 4 nitrogen and oxygen atoms in total. The van der Waals surface area contributed by atoms with E-state index in [0.29, 0.717) is 0 Å². The average Bonchev–Trinajstić information content (AvgIpc) is 2.97. The van der Waals surface area contributed by atoms with Crippen LogP contribution in [0.2, 0.25) is 0 Å². The molecule has 1 aromatic carbocycles. The third kappa shape index (κ3) is 1.49. The minimum absolute atomic E-state index is 0.925. The van der Waals surface area contributed by atoms with Crippen LogP contribution in [0.25, 0.3) is 11.0 Å². The van der Waals surface area contributed by atoms with Gasteiger partial charge in [0.05, 0.1) is 11.0 Å². The van der Waals surface area contributed by atoms with Crippen LogP contribution < -0.4 is 4.90 Å². The maximum absolute atomic E-state index is 4.64. The second-order valence-corrected chi connectivity index (χ2v) is 4.07. The van der Waals surface area contributed by atoms with Gasteiger partial charge in [-0.15, -0.1) is 0 Å². The Hall–Kier alpha value is -2.23. The lowest BCUT2D eigenvalue weighted by Gasteiger charge is -2.16. The van der Waals surface area contributed by atoms with Gasteiger partial charge in [-0.3, -0.25) is 0 Å². The number of para-hydroxylation sites is 2. The van der Waals surface area contributed by atoms with Crippen LogP contribution in [0.1, 0.15) is 0 Å². The smallest absolute Gasteiger partial charge is 0.211 e. The van der Waals surface area contributed by atoms with Crippen LogP contribution in [0.15, 0.2) is 42.6 Å². The summed E-state index contributed by atoms with van der Waals surface area (Å²) in [4.78, 5) is 9.86. The van der Waals surface area contributed by atoms with Crippen LogP contribution >= 0.6 is 0 Å². The maximum Gasteiger partial charge on any atom is 0.211 e. The van der Waals surface area contributed by atoms with Gasteiger partial charge in [0.15, 0.2) is 0 Å². The van der Waals surface area contributed by atoms with Gasteiger partial charge in [-0.25, -0.2) is 4.98 Å². The van der Waals surface area contributed by atoms with Crippen LogP contribution in [0, 0.1) is 0 Å². The molecule has 0 bridgehead atoms. The van der Waals surface area contributed by atoms with E-state index in [0.717, 1.165) is 22.8 Å². The Morgan fingerprint density at radius 1 is 1.18 bits per heavy atom. The summed E-state index contributed by atoms with van der Waals surface area (Å²) >= 11 is 0. The molecule has 0 aliphatic carbocycles. The zero-order chi connectivity index (χ0) is 11.8. The van der Waals surface area contributed by atoms with Crippen molar-refractivity contribution in [2.45, 2.75) is 0 Å². The third-order valence-electron chi connectivity index (χ3n) is 3.01. The van der Waals surface area contributed by atoms with Crippen molar-refractivity contribution in [2.24, 2.45) is 7.05 Å². The molecule has 0 spiro atoms. The minimum Gasteiger partial charge on any atom is -0.348 e. The van der Waals surface area contributed by atoms with Gasteiger partial charge in [0.25, 0.3) is 0 Å². The molecule has 0 unspecified atom stereocenters. The molecular weight excluding hydrogens is 212 g/mol. The van der Waals surface area contributed by atoms with Gasteiger partial charge in [0.2, 0.25) is 5.95 Å². The van der Waals surface area contributed by atoms with E-state index in [4.69, 9.17) is 0 Å². The Morgan fingerprint density at radius 2 is 2.00 bits per heavy atom. The summed E-state index contributed by atoms with van der Waals surface area (Å²) in [7, 11) is 4.04. The van der Waals surface area contributed by atoms with Crippen molar-refractivity contribution in [3.8, 4) is 0 Å². The fourth-order valence-corrected chi connectivity index (χ4v) is 2.07. The summed E-state index contributed by atoms with van der Waals surface area (Å²) in [5.41, 5.74) is 2.16. The summed E-state index contributed by atoms with van der Waals surface area (Å²) in [6.45, 7) is 0. The molecule has 2 heterocycles. The van der Waals surface area contributed by atoms with E-state index < -0.39 is 0 Å². The topological polar surface area (TPSA) is 36.9 Å². The van der Waals surface area contributed by atoms with Crippen LogP contribution in [0.4, 0.5) is 11.8 Å². The zero-order valence-corrected chi connectivity index (χ0v) is 9.88. The van der Waals surface area contributed by atoms with E-state index in [1.54, 1.807) is 0 Å². The van der Waals surface area contributed by atoms with E-state index in [-0.39, 0.29) is 0 Å². The molecule has 17 heavy (non-hydrogen) atoms. The van der Waals surface area contributed by atoms with Crippen molar-refractivity contribution in [1.82, 2.24) is 14.5 Å². The molecule has 0 radical (unpaired) electrons. The Morgan fingerprint density at radius 3 is 2.71 bits per heavy atom. The number of benzene rings is 1. The highest BCUT2D eigenvalue weighted by atomic mass is 15.3. The zero-order valence-electron chi connectivity index (χ0n) is 9.88. The number of H-pyrrole nitrogens is 1. The third-order valence-corrected chi connectivity index (χ3v) is 3.01. The van der Waals surface area contributed by atoms with Crippen molar-refractivity contribution in [2.75, 3.05) is 11.9 Å². The molecule has 0 atom stereocenters. The predicted octanol–water partition coefficient (Wildman–Crippen LogP) is 2.67. The number of nitrogens with zero attached hydrogens (tertiary/aromatic N) is 3. The first-order valence-electron chi connectivity index (χ1n) is 5.56. The summed E-state index contributed by atoms with van der Waals surface area (Å²) in [5, 5.41) is 0. The number of imidazole rings is 1. The standard InChI is InChI=1S/C13H14N4/c1-16-11-7-4-3-6-10(11)15-13(16)17(2)12-8-5-9-14-12/h3-9,14H,1-2H3. The van der Waals surface area contributed by atoms with Gasteiger partial charge >= 0.3 is 0 Å². The lowest BCUT2D eigenvalue weighted by molar-refractivity contribution is 0.903. The van der Waals surface area contributed by atoms with Crippen molar-refractivity contribution in [3.63, 3.8) is 0 Å². The van der Waals surface area contributed by atoms with E-state index in [2.05, 4.69) is 20.6 Å². The van der Waals surface area contributed by atoms with E-state index in [1.807, 2.05) is 55.5 Å². The van der Waals surface area contributed by atoms with Gasteiger partial charge in [0.1, 0.15) is 5.82 Å². The minimum atomic E-state index is 0.925. The average molecular weight is 226 g/mol. The monoisotopic (exact) mass is 226 g/mol. The summed E-state index contributed by atoms with van der Waals surface area (Å²) in [5.74, 6) is 1.96. The SMILES string of the molecule is CN(c1ccc[nH]1)c1nc2ccccc2n1C. The number of nitrogens with one attached hydrogen (secondary N) is 1. The Labute approximate surface area is 99.5 Å². The summed E-state index contributed by atoms with van der Waals surface area (Å²) in [6.07, 6.45) is 1.91. The molecule has 3 aromatic rings. The van der Waals surface area contributed by atoms with Crippen LogP contribution in [-0.2, 0) is 7.05 Å². The molecule has 0 saturated heterocycles. The first-order valence-corrected chi connectivity index (χ1v) is 5.56. The molecule has 86 valence electrons. The molecule has 1 N–H and O–H groups in total. The van der Waals surface area contributed by atoms with Crippen molar-refractivity contribution in [3.05, 3.63) is 42.6 Å². The first-order chi connectivity index (χ1) is 8.27. The van der Waals surface area contributed by atoms with Gasteiger partial charge in [-0.2, -0.15) is 0 Å². The van der Waals surface area contributed by atoms with Gasteiger partial charge in [0, 0.05) is 20.3 Å². The summed E-state index contributed by atoms with van der Waals surface area (Å²) in [6, 6.07) is 12.2. The molecule has 0 saturated carbocycles. The largest absolute Gasteiger partial charge is 0.348 e. The Bertz CT molecular complexity index is 637. The normalized spacial score (nSPS) is 10.9. The quantitative estimate of drug-likeness (QED) is 0.729. The van der Waals surface area contributed by atoms with Crippen molar-refractivity contribution < 1.29 is 0 Å². The number of aromatic amines is 1. The molecule has 0 aliphatic heterocycles. The predicted molar refractivity (Wildman–Crippen MR) is 69.6 cm³/mol. The van der Waals surface area contributed by atoms with E-state index in [9.17, 15) is 0 Å². The first kappa shape index (κ1) is 9.96. The second-order valence-electron chi connectivity index (χ2n) is 4.07. The number of anilines is 2.